The third-order valence-electron chi connectivity index (χ3n) is 2.76. The lowest BCUT2D eigenvalue weighted by atomic mass is 10.1. The minimum atomic E-state index is -1.07. The second kappa shape index (κ2) is 4.57. The van der Waals surface area contributed by atoms with E-state index in [1.807, 2.05) is 20.8 Å². The zero-order valence-corrected chi connectivity index (χ0v) is 11.2. The first-order valence-electron chi connectivity index (χ1n) is 5.77. The van der Waals surface area contributed by atoms with Crippen LogP contribution in [0.1, 0.15) is 48.6 Å². The van der Waals surface area contributed by atoms with E-state index in [-0.39, 0.29) is 16.6 Å². The van der Waals surface area contributed by atoms with E-state index in [0.717, 1.165) is 0 Å². The van der Waals surface area contributed by atoms with Crippen molar-refractivity contribution in [3.05, 3.63) is 22.2 Å². The monoisotopic (exact) mass is 267 g/mol. The van der Waals surface area contributed by atoms with Crippen molar-refractivity contribution in [1.82, 2.24) is 15.0 Å². The first-order chi connectivity index (χ1) is 8.45. The van der Waals surface area contributed by atoms with E-state index in [9.17, 15) is 9.90 Å². The van der Waals surface area contributed by atoms with Crippen molar-refractivity contribution in [2.45, 2.75) is 33.1 Å². The molecule has 0 radical (unpaired) electrons. The SMILES string of the molecule is CCc1nc(C(C)C)nc2[nH]c(Cl)c(C(=O)O)c12. The van der Waals surface area contributed by atoms with Crippen LogP contribution in [-0.2, 0) is 6.42 Å². The summed E-state index contributed by atoms with van der Waals surface area (Å²) in [7, 11) is 0. The van der Waals surface area contributed by atoms with Gasteiger partial charge in [-0.1, -0.05) is 32.4 Å². The van der Waals surface area contributed by atoms with Crippen LogP contribution in [0, 0.1) is 0 Å². The molecule has 96 valence electrons. The number of aromatic carboxylic acids is 1. The van der Waals surface area contributed by atoms with Crippen molar-refractivity contribution < 1.29 is 9.90 Å². The molecule has 0 saturated heterocycles. The molecule has 2 heterocycles. The highest BCUT2D eigenvalue weighted by Gasteiger charge is 2.22. The van der Waals surface area contributed by atoms with Crippen LogP contribution >= 0.6 is 11.6 Å². The first kappa shape index (κ1) is 12.8. The van der Waals surface area contributed by atoms with E-state index >= 15 is 0 Å². The van der Waals surface area contributed by atoms with Crippen molar-refractivity contribution in [2.75, 3.05) is 0 Å². The van der Waals surface area contributed by atoms with E-state index in [4.69, 9.17) is 11.6 Å². The maximum absolute atomic E-state index is 11.2. The number of H-pyrrole nitrogens is 1. The van der Waals surface area contributed by atoms with Crippen LogP contribution in [0.4, 0.5) is 0 Å². The minimum absolute atomic E-state index is 0.0545. The van der Waals surface area contributed by atoms with Crippen LogP contribution in [0.15, 0.2) is 0 Å². The van der Waals surface area contributed by atoms with Crippen molar-refractivity contribution >= 4 is 28.6 Å². The average molecular weight is 268 g/mol. The summed E-state index contributed by atoms with van der Waals surface area (Å²) in [5.74, 6) is -0.203. The second-order valence-corrected chi connectivity index (χ2v) is 4.76. The lowest BCUT2D eigenvalue weighted by Crippen LogP contribution is -2.04. The fourth-order valence-electron chi connectivity index (χ4n) is 1.87. The molecule has 5 nitrogen and oxygen atoms in total. The van der Waals surface area contributed by atoms with Crippen LogP contribution in [0.2, 0.25) is 5.15 Å². The number of halogens is 1. The number of aryl methyl sites for hydroxylation is 1. The number of rotatable bonds is 3. The first-order valence-corrected chi connectivity index (χ1v) is 6.14. The Hall–Kier alpha value is -1.62. The molecule has 0 spiro atoms. The van der Waals surface area contributed by atoms with Gasteiger partial charge in [-0.05, 0) is 6.42 Å². The minimum Gasteiger partial charge on any atom is -0.478 e. The third kappa shape index (κ3) is 1.95. The highest BCUT2D eigenvalue weighted by Crippen LogP contribution is 2.28. The van der Waals surface area contributed by atoms with E-state index in [1.165, 1.54) is 0 Å². The van der Waals surface area contributed by atoms with Crippen LogP contribution < -0.4 is 0 Å². The number of aromatic nitrogens is 3. The second-order valence-electron chi connectivity index (χ2n) is 4.38. The van der Waals surface area contributed by atoms with E-state index in [1.54, 1.807) is 0 Å². The highest BCUT2D eigenvalue weighted by molar-refractivity contribution is 6.34. The van der Waals surface area contributed by atoms with Gasteiger partial charge in [0.1, 0.15) is 22.2 Å². The fraction of sp³-hybridized carbons (Fsp3) is 0.417. The highest BCUT2D eigenvalue weighted by atomic mass is 35.5. The number of aromatic amines is 1. The number of carbonyl (C=O) groups is 1. The van der Waals surface area contributed by atoms with Gasteiger partial charge in [-0.15, -0.1) is 0 Å². The van der Waals surface area contributed by atoms with Crippen molar-refractivity contribution in [3.63, 3.8) is 0 Å². The number of carboxylic acid groups (broad SMARTS) is 1. The standard InChI is InChI=1S/C12H14ClN3O2/c1-4-6-7-8(12(17)18)9(13)15-11(7)16-10(14-6)5(2)3/h5H,4H2,1-3H3,(H,17,18)(H,14,15,16). The van der Waals surface area contributed by atoms with E-state index < -0.39 is 5.97 Å². The largest absolute Gasteiger partial charge is 0.478 e. The molecule has 2 aromatic rings. The Bertz CT molecular complexity index is 619. The average Bonchev–Trinajstić information content (AvgIpc) is 2.63. The summed E-state index contributed by atoms with van der Waals surface area (Å²) >= 11 is 5.92. The topological polar surface area (TPSA) is 78.9 Å². The van der Waals surface area contributed by atoms with Crippen molar-refractivity contribution in [1.29, 1.82) is 0 Å². The molecule has 0 bridgehead atoms. The normalized spacial score (nSPS) is 11.4. The Morgan fingerprint density at radius 2 is 2.11 bits per heavy atom. The molecule has 6 heteroatoms. The fourth-order valence-corrected chi connectivity index (χ4v) is 2.14. The number of hydrogen-bond donors (Lipinski definition) is 2. The molecule has 0 saturated carbocycles. The van der Waals surface area contributed by atoms with Gasteiger partial charge in [0, 0.05) is 5.92 Å². The molecule has 2 aromatic heterocycles. The molecule has 0 aromatic carbocycles. The Morgan fingerprint density at radius 3 is 2.61 bits per heavy atom. The van der Waals surface area contributed by atoms with Crippen LogP contribution in [0.5, 0.6) is 0 Å². The molecule has 0 aliphatic rings. The predicted octanol–water partition coefficient (Wildman–Crippen LogP) is 3.00. The lowest BCUT2D eigenvalue weighted by Gasteiger charge is -2.07. The predicted molar refractivity (Wildman–Crippen MR) is 69.3 cm³/mol. The van der Waals surface area contributed by atoms with Gasteiger partial charge in [-0.2, -0.15) is 0 Å². The summed E-state index contributed by atoms with van der Waals surface area (Å²) in [6, 6.07) is 0. The zero-order chi connectivity index (χ0) is 13.4. The number of fused-ring (bicyclic) bond motifs is 1. The van der Waals surface area contributed by atoms with Gasteiger partial charge in [0.05, 0.1) is 11.1 Å². The van der Waals surface area contributed by atoms with Gasteiger partial charge in [0.2, 0.25) is 0 Å². The molecule has 0 aliphatic carbocycles. The maximum atomic E-state index is 11.2. The maximum Gasteiger partial charge on any atom is 0.339 e. The summed E-state index contributed by atoms with van der Waals surface area (Å²) in [6.45, 7) is 5.91. The van der Waals surface area contributed by atoms with Crippen LogP contribution in [0.3, 0.4) is 0 Å². The van der Waals surface area contributed by atoms with E-state index in [0.29, 0.717) is 29.0 Å². The summed E-state index contributed by atoms with van der Waals surface area (Å²) in [4.78, 5) is 22.8. The lowest BCUT2D eigenvalue weighted by molar-refractivity contribution is 0.0699. The van der Waals surface area contributed by atoms with Crippen LogP contribution in [-0.4, -0.2) is 26.0 Å². The summed E-state index contributed by atoms with van der Waals surface area (Å²) in [6.07, 6.45) is 0.632. The number of hydrogen-bond acceptors (Lipinski definition) is 3. The van der Waals surface area contributed by atoms with Gasteiger partial charge < -0.3 is 10.1 Å². The molecule has 0 aliphatic heterocycles. The molecule has 2 N–H and O–H groups in total. The van der Waals surface area contributed by atoms with E-state index in [2.05, 4.69) is 15.0 Å². The Kier molecular flexibility index (Phi) is 3.26. The molecule has 0 fully saturated rings. The smallest absolute Gasteiger partial charge is 0.339 e. The Labute approximate surface area is 109 Å². The van der Waals surface area contributed by atoms with Gasteiger partial charge in [0.15, 0.2) is 0 Å². The quantitative estimate of drug-likeness (QED) is 0.896. The zero-order valence-electron chi connectivity index (χ0n) is 10.4. The molecule has 2 rings (SSSR count). The van der Waals surface area contributed by atoms with Gasteiger partial charge in [0.25, 0.3) is 0 Å². The molecular formula is C12H14ClN3O2. The number of carboxylic acids is 1. The van der Waals surface area contributed by atoms with Gasteiger partial charge >= 0.3 is 5.97 Å². The van der Waals surface area contributed by atoms with Gasteiger partial charge in [-0.25, -0.2) is 14.8 Å². The Balaban J connectivity index is 2.84. The number of nitrogens with one attached hydrogen (secondary N) is 1. The molecule has 0 atom stereocenters. The van der Waals surface area contributed by atoms with Gasteiger partial charge in [-0.3, -0.25) is 0 Å². The van der Waals surface area contributed by atoms with Crippen LogP contribution in [0.25, 0.3) is 11.0 Å². The number of nitrogens with zero attached hydrogens (tertiary/aromatic N) is 2. The molecule has 0 unspecified atom stereocenters. The van der Waals surface area contributed by atoms with Crippen molar-refractivity contribution in [3.8, 4) is 0 Å². The molecular weight excluding hydrogens is 254 g/mol. The summed E-state index contributed by atoms with van der Waals surface area (Å²) < 4.78 is 0. The summed E-state index contributed by atoms with van der Waals surface area (Å²) in [5, 5.41) is 9.80. The molecule has 0 amide bonds. The van der Waals surface area contributed by atoms with Crippen molar-refractivity contribution in [2.24, 2.45) is 0 Å². The molecule has 18 heavy (non-hydrogen) atoms. The summed E-state index contributed by atoms with van der Waals surface area (Å²) in [5.41, 5.74) is 1.26. The third-order valence-corrected chi connectivity index (χ3v) is 3.05. The Morgan fingerprint density at radius 1 is 1.44 bits per heavy atom.